The number of aliphatic hydroxyl groups is 2. The first-order valence-corrected chi connectivity index (χ1v) is 6.33. The third kappa shape index (κ3) is 3.53. The van der Waals surface area contributed by atoms with Crippen molar-refractivity contribution in [3.05, 3.63) is 20.3 Å². The van der Waals surface area contributed by atoms with Crippen LogP contribution in [0.1, 0.15) is 16.7 Å². The SMILES string of the molecule is Cc1sc(CNC(C)(CO)CO)cc1Br. The van der Waals surface area contributed by atoms with Crippen molar-refractivity contribution in [2.45, 2.75) is 25.9 Å². The van der Waals surface area contributed by atoms with Gasteiger partial charge in [0.05, 0.1) is 18.8 Å². The maximum absolute atomic E-state index is 9.09. The average Bonchev–Trinajstić information content (AvgIpc) is 2.55. The largest absolute Gasteiger partial charge is 0.394 e. The Kier molecular flexibility index (Phi) is 4.73. The molecule has 0 saturated carbocycles. The molecule has 3 nitrogen and oxygen atoms in total. The molecule has 1 aromatic rings. The molecule has 0 spiro atoms. The van der Waals surface area contributed by atoms with E-state index < -0.39 is 5.54 Å². The zero-order valence-corrected chi connectivity index (χ0v) is 11.3. The van der Waals surface area contributed by atoms with Crippen LogP contribution in [0.2, 0.25) is 0 Å². The lowest BCUT2D eigenvalue weighted by Gasteiger charge is -2.25. The van der Waals surface area contributed by atoms with Crippen LogP contribution >= 0.6 is 27.3 Å². The molecule has 0 aromatic carbocycles. The number of thiophene rings is 1. The Balaban J connectivity index is 2.56. The number of halogens is 1. The summed E-state index contributed by atoms with van der Waals surface area (Å²) in [6.07, 6.45) is 0. The molecule has 1 heterocycles. The van der Waals surface area contributed by atoms with Crippen molar-refractivity contribution in [3.8, 4) is 0 Å². The predicted octanol–water partition coefficient (Wildman–Crippen LogP) is 1.65. The second-order valence-electron chi connectivity index (χ2n) is 3.85. The van der Waals surface area contributed by atoms with Crippen LogP contribution in [0.4, 0.5) is 0 Å². The van der Waals surface area contributed by atoms with Crippen molar-refractivity contribution >= 4 is 27.3 Å². The molecule has 0 radical (unpaired) electrons. The summed E-state index contributed by atoms with van der Waals surface area (Å²) in [5, 5.41) is 21.3. The molecule has 0 aliphatic rings. The van der Waals surface area contributed by atoms with Gasteiger partial charge in [0, 0.05) is 20.8 Å². The van der Waals surface area contributed by atoms with Crippen molar-refractivity contribution in [1.82, 2.24) is 5.32 Å². The molecule has 86 valence electrons. The molecule has 0 unspecified atom stereocenters. The quantitative estimate of drug-likeness (QED) is 0.774. The standard InChI is InChI=1S/C10H16BrNO2S/c1-7-9(11)3-8(15-7)4-12-10(2,5-13)6-14/h3,12-14H,4-6H2,1-2H3. The highest BCUT2D eigenvalue weighted by molar-refractivity contribution is 9.10. The number of hydrogen-bond donors (Lipinski definition) is 3. The number of hydrogen-bond acceptors (Lipinski definition) is 4. The Hall–Kier alpha value is 0.0600. The average molecular weight is 294 g/mol. The summed E-state index contributed by atoms with van der Waals surface area (Å²) >= 11 is 5.16. The van der Waals surface area contributed by atoms with Gasteiger partial charge < -0.3 is 15.5 Å². The van der Waals surface area contributed by atoms with Gasteiger partial charge in [0.2, 0.25) is 0 Å². The van der Waals surface area contributed by atoms with Gasteiger partial charge in [-0.2, -0.15) is 0 Å². The van der Waals surface area contributed by atoms with E-state index in [2.05, 4.69) is 34.2 Å². The first-order valence-electron chi connectivity index (χ1n) is 4.72. The van der Waals surface area contributed by atoms with Crippen LogP contribution in [0, 0.1) is 6.92 Å². The first-order chi connectivity index (χ1) is 7.00. The fraction of sp³-hybridized carbons (Fsp3) is 0.600. The first kappa shape index (κ1) is 13.1. The van der Waals surface area contributed by atoms with Crippen molar-refractivity contribution in [3.63, 3.8) is 0 Å². The summed E-state index contributed by atoms with van der Waals surface area (Å²) in [6, 6.07) is 2.06. The highest BCUT2D eigenvalue weighted by atomic mass is 79.9. The smallest absolute Gasteiger partial charge is 0.0633 e. The fourth-order valence-corrected chi connectivity index (χ4v) is 2.61. The molecular formula is C10H16BrNO2S. The van der Waals surface area contributed by atoms with Gasteiger partial charge in [-0.05, 0) is 35.8 Å². The maximum atomic E-state index is 9.09. The van der Waals surface area contributed by atoms with Gasteiger partial charge in [-0.3, -0.25) is 0 Å². The molecular weight excluding hydrogens is 278 g/mol. The van der Waals surface area contributed by atoms with E-state index in [9.17, 15) is 0 Å². The summed E-state index contributed by atoms with van der Waals surface area (Å²) in [7, 11) is 0. The van der Waals surface area contributed by atoms with E-state index in [1.807, 2.05) is 0 Å². The molecule has 0 saturated heterocycles. The van der Waals surface area contributed by atoms with Crippen LogP contribution < -0.4 is 5.32 Å². The maximum Gasteiger partial charge on any atom is 0.0633 e. The van der Waals surface area contributed by atoms with Gasteiger partial charge >= 0.3 is 0 Å². The van der Waals surface area contributed by atoms with Crippen molar-refractivity contribution in [2.75, 3.05) is 13.2 Å². The molecule has 15 heavy (non-hydrogen) atoms. The zero-order valence-electron chi connectivity index (χ0n) is 8.88. The molecule has 5 heteroatoms. The Morgan fingerprint density at radius 1 is 1.47 bits per heavy atom. The van der Waals surface area contributed by atoms with Crippen LogP contribution in [0.15, 0.2) is 10.5 Å². The molecule has 0 aliphatic heterocycles. The molecule has 0 amide bonds. The summed E-state index contributed by atoms with van der Waals surface area (Å²) in [5.74, 6) is 0. The molecule has 0 atom stereocenters. The summed E-state index contributed by atoms with van der Waals surface area (Å²) in [5.41, 5.74) is -0.607. The fourth-order valence-electron chi connectivity index (χ4n) is 1.07. The third-order valence-electron chi connectivity index (χ3n) is 2.30. The molecule has 1 rings (SSSR count). The van der Waals surface area contributed by atoms with Crippen molar-refractivity contribution in [2.24, 2.45) is 0 Å². The third-order valence-corrected chi connectivity index (χ3v) is 4.43. The van der Waals surface area contributed by atoms with E-state index in [1.165, 1.54) is 9.75 Å². The van der Waals surface area contributed by atoms with E-state index in [4.69, 9.17) is 10.2 Å². The minimum atomic E-state index is -0.607. The Labute approximate surface area is 102 Å². The highest BCUT2D eigenvalue weighted by Gasteiger charge is 2.21. The molecule has 0 bridgehead atoms. The molecule has 0 fully saturated rings. The van der Waals surface area contributed by atoms with Gasteiger partial charge in [-0.15, -0.1) is 11.3 Å². The second-order valence-corrected chi connectivity index (χ2v) is 6.04. The number of aryl methyl sites for hydroxylation is 1. The lowest BCUT2D eigenvalue weighted by atomic mass is 10.1. The number of aliphatic hydroxyl groups excluding tert-OH is 2. The normalized spacial score (nSPS) is 12.1. The Morgan fingerprint density at radius 3 is 2.47 bits per heavy atom. The summed E-state index contributed by atoms with van der Waals surface area (Å²) in [6.45, 7) is 4.36. The summed E-state index contributed by atoms with van der Waals surface area (Å²) < 4.78 is 1.11. The summed E-state index contributed by atoms with van der Waals surface area (Å²) in [4.78, 5) is 2.43. The van der Waals surface area contributed by atoms with Gasteiger partial charge in [0.15, 0.2) is 0 Å². The van der Waals surface area contributed by atoms with Gasteiger partial charge in [-0.1, -0.05) is 0 Å². The monoisotopic (exact) mass is 293 g/mol. The van der Waals surface area contributed by atoms with E-state index in [0.29, 0.717) is 6.54 Å². The van der Waals surface area contributed by atoms with Crippen molar-refractivity contribution in [1.29, 1.82) is 0 Å². The number of rotatable bonds is 5. The van der Waals surface area contributed by atoms with Crippen LogP contribution in [-0.4, -0.2) is 29.0 Å². The number of nitrogens with one attached hydrogen (secondary N) is 1. The van der Waals surface area contributed by atoms with Crippen molar-refractivity contribution < 1.29 is 10.2 Å². The van der Waals surface area contributed by atoms with Gasteiger partial charge in [0.1, 0.15) is 0 Å². The van der Waals surface area contributed by atoms with Crippen LogP contribution in [-0.2, 0) is 6.54 Å². The van der Waals surface area contributed by atoms with Crippen LogP contribution in [0.5, 0.6) is 0 Å². The van der Waals surface area contributed by atoms with Gasteiger partial charge in [-0.25, -0.2) is 0 Å². The second kappa shape index (κ2) is 5.41. The predicted molar refractivity (Wildman–Crippen MR) is 66.2 cm³/mol. The van der Waals surface area contributed by atoms with E-state index in [-0.39, 0.29) is 13.2 Å². The zero-order chi connectivity index (χ0) is 11.5. The lowest BCUT2D eigenvalue weighted by Crippen LogP contribution is -2.48. The molecule has 3 N–H and O–H groups in total. The molecule has 1 aromatic heterocycles. The minimum absolute atomic E-state index is 0.0744. The Bertz CT molecular complexity index is 304. The molecule has 0 aliphatic carbocycles. The minimum Gasteiger partial charge on any atom is -0.394 e. The Morgan fingerprint density at radius 2 is 2.07 bits per heavy atom. The topological polar surface area (TPSA) is 52.5 Å². The van der Waals surface area contributed by atoms with Crippen LogP contribution in [0.25, 0.3) is 0 Å². The highest BCUT2D eigenvalue weighted by Crippen LogP contribution is 2.26. The van der Waals surface area contributed by atoms with E-state index >= 15 is 0 Å². The van der Waals surface area contributed by atoms with Crippen LogP contribution in [0.3, 0.4) is 0 Å². The van der Waals surface area contributed by atoms with E-state index in [1.54, 1.807) is 18.3 Å². The lowest BCUT2D eigenvalue weighted by molar-refractivity contribution is 0.103. The van der Waals surface area contributed by atoms with E-state index in [0.717, 1.165) is 4.47 Å². The van der Waals surface area contributed by atoms with Gasteiger partial charge in [0.25, 0.3) is 0 Å².